The summed E-state index contributed by atoms with van der Waals surface area (Å²) in [4.78, 5) is 4.60. The average Bonchev–Trinajstić information content (AvgIpc) is 3.27. The van der Waals surface area contributed by atoms with Gasteiger partial charge in [-0.05, 0) is 56.9 Å². The Bertz CT molecular complexity index is 1400. The van der Waals surface area contributed by atoms with Crippen LogP contribution < -0.4 is 14.8 Å². The highest BCUT2D eigenvalue weighted by Crippen LogP contribution is 2.36. The standard InChI is InChI=1S/C20H22N6O4S2/c1-20(15-6-10-17(11-7-15)32(29,30)22-3)12-18(26-19(25-20)23-13-24-26)14-4-8-16(9-5-14)31(27,28)21-2/h4-13,21-22H,1-3H3,(H,23,24,25)/t20-/m1/s1. The summed E-state index contributed by atoms with van der Waals surface area (Å²) in [6.45, 7) is 1.94. The summed E-state index contributed by atoms with van der Waals surface area (Å²) >= 11 is 0. The molecule has 1 aliphatic rings. The van der Waals surface area contributed by atoms with Gasteiger partial charge in [-0.1, -0.05) is 24.3 Å². The predicted octanol–water partition coefficient (Wildman–Crippen LogP) is 1.32. The maximum atomic E-state index is 12.0. The van der Waals surface area contributed by atoms with Crippen LogP contribution in [-0.4, -0.2) is 45.7 Å². The molecule has 4 rings (SSSR count). The SMILES string of the molecule is CNS(=O)(=O)c1ccc(C2=C[C@](C)(c3ccc(S(=O)(=O)NC)cc3)Nc3ncnn32)cc1. The Morgan fingerprint density at radius 2 is 1.41 bits per heavy atom. The summed E-state index contributed by atoms with van der Waals surface area (Å²) in [6.07, 6.45) is 3.36. The van der Waals surface area contributed by atoms with E-state index in [0.717, 1.165) is 11.1 Å². The van der Waals surface area contributed by atoms with E-state index >= 15 is 0 Å². The molecule has 1 aromatic heterocycles. The number of anilines is 1. The predicted molar refractivity (Wildman–Crippen MR) is 120 cm³/mol. The molecule has 1 aliphatic heterocycles. The number of hydrogen-bond acceptors (Lipinski definition) is 7. The first kappa shape index (κ1) is 22.1. The Kier molecular flexibility index (Phi) is 5.41. The minimum Gasteiger partial charge on any atom is -0.341 e. The van der Waals surface area contributed by atoms with E-state index in [9.17, 15) is 16.8 Å². The van der Waals surface area contributed by atoms with Gasteiger partial charge in [0.15, 0.2) is 0 Å². The van der Waals surface area contributed by atoms with Crippen LogP contribution in [0.1, 0.15) is 18.1 Å². The summed E-state index contributed by atoms with van der Waals surface area (Å²) in [5.74, 6) is 0.504. The molecular weight excluding hydrogens is 452 g/mol. The van der Waals surface area contributed by atoms with E-state index in [1.54, 1.807) is 41.1 Å². The molecule has 0 bridgehead atoms. The fourth-order valence-corrected chi connectivity index (χ4v) is 4.95. The van der Waals surface area contributed by atoms with Crippen LogP contribution >= 0.6 is 0 Å². The second-order valence-corrected chi connectivity index (χ2v) is 11.1. The molecule has 0 amide bonds. The van der Waals surface area contributed by atoms with E-state index in [1.807, 2.05) is 13.0 Å². The van der Waals surface area contributed by atoms with Gasteiger partial charge in [0.25, 0.3) is 0 Å². The van der Waals surface area contributed by atoms with E-state index in [0.29, 0.717) is 11.6 Å². The van der Waals surface area contributed by atoms with E-state index < -0.39 is 25.6 Å². The third kappa shape index (κ3) is 3.81. The Morgan fingerprint density at radius 3 is 1.94 bits per heavy atom. The van der Waals surface area contributed by atoms with Gasteiger partial charge >= 0.3 is 0 Å². The lowest BCUT2D eigenvalue weighted by Gasteiger charge is -2.34. The molecule has 3 N–H and O–H groups in total. The van der Waals surface area contributed by atoms with Crippen LogP contribution in [0, 0.1) is 0 Å². The summed E-state index contributed by atoms with van der Waals surface area (Å²) in [5.41, 5.74) is 1.54. The summed E-state index contributed by atoms with van der Waals surface area (Å²) in [6, 6.07) is 13.0. The zero-order valence-corrected chi connectivity index (χ0v) is 19.2. The maximum absolute atomic E-state index is 12.0. The van der Waals surface area contributed by atoms with Gasteiger partial charge in [0.2, 0.25) is 26.0 Å². The van der Waals surface area contributed by atoms with Gasteiger partial charge in [0, 0.05) is 5.56 Å². The van der Waals surface area contributed by atoms with Crippen molar-refractivity contribution in [2.24, 2.45) is 0 Å². The monoisotopic (exact) mass is 474 g/mol. The topological polar surface area (TPSA) is 135 Å². The van der Waals surface area contributed by atoms with Gasteiger partial charge in [-0.15, -0.1) is 0 Å². The maximum Gasteiger partial charge on any atom is 0.240 e. The first-order valence-electron chi connectivity index (χ1n) is 9.59. The van der Waals surface area contributed by atoms with Crippen molar-refractivity contribution in [1.29, 1.82) is 0 Å². The third-order valence-electron chi connectivity index (χ3n) is 5.33. The lowest BCUT2D eigenvalue weighted by atomic mass is 9.89. The molecule has 10 nitrogen and oxygen atoms in total. The van der Waals surface area contributed by atoms with Crippen LogP contribution in [0.25, 0.3) is 5.70 Å². The number of aromatic nitrogens is 3. The number of nitrogens with one attached hydrogen (secondary N) is 3. The molecule has 2 aromatic carbocycles. The van der Waals surface area contributed by atoms with Crippen LogP contribution in [-0.2, 0) is 25.6 Å². The molecule has 0 fully saturated rings. The highest BCUT2D eigenvalue weighted by Gasteiger charge is 2.32. The van der Waals surface area contributed by atoms with Crippen molar-refractivity contribution in [3.05, 3.63) is 72.1 Å². The summed E-state index contributed by atoms with van der Waals surface area (Å²) in [7, 11) is -4.37. The first-order valence-corrected chi connectivity index (χ1v) is 12.6. The van der Waals surface area contributed by atoms with Crippen LogP contribution in [0.3, 0.4) is 0 Å². The van der Waals surface area contributed by atoms with Crippen molar-refractivity contribution in [2.75, 3.05) is 19.4 Å². The Hall–Kier alpha value is -3.06. The zero-order chi connectivity index (χ0) is 23.1. The molecule has 0 aliphatic carbocycles. The molecule has 0 saturated heterocycles. The van der Waals surface area contributed by atoms with Crippen molar-refractivity contribution in [1.82, 2.24) is 24.2 Å². The quantitative estimate of drug-likeness (QED) is 0.490. The number of benzene rings is 2. The third-order valence-corrected chi connectivity index (χ3v) is 8.20. The second kappa shape index (κ2) is 7.81. The van der Waals surface area contributed by atoms with Crippen LogP contribution in [0.5, 0.6) is 0 Å². The minimum absolute atomic E-state index is 0.154. The van der Waals surface area contributed by atoms with Crippen molar-refractivity contribution in [2.45, 2.75) is 22.3 Å². The van der Waals surface area contributed by atoms with Gasteiger partial charge in [-0.2, -0.15) is 14.8 Å². The number of nitrogens with zero attached hydrogens (tertiary/aromatic N) is 3. The van der Waals surface area contributed by atoms with E-state index in [-0.39, 0.29) is 9.79 Å². The molecule has 3 aromatic rings. The minimum atomic E-state index is -3.55. The molecule has 0 radical (unpaired) electrons. The molecular formula is C20H22N6O4S2. The first-order chi connectivity index (χ1) is 15.1. The number of fused-ring (bicyclic) bond motifs is 1. The Morgan fingerprint density at radius 1 is 0.875 bits per heavy atom. The number of hydrogen-bond donors (Lipinski definition) is 3. The van der Waals surface area contributed by atoms with Crippen molar-refractivity contribution < 1.29 is 16.8 Å². The lowest BCUT2D eigenvalue weighted by molar-refractivity contribution is 0.586. The van der Waals surface area contributed by atoms with Crippen molar-refractivity contribution in [3.63, 3.8) is 0 Å². The van der Waals surface area contributed by atoms with Gasteiger partial charge < -0.3 is 5.32 Å². The zero-order valence-electron chi connectivity index (χ0n) is 17.6. The highest BCUT2D eigenvalue weighted by atomic mass is 32.2. The lowest BCUT2D eigenvalue weighted by Crippen LogP contribution is -2.35. The van der Waals surface area contributed by atoms with Gasteiger partial charge in [-0.25, -0.2) is 26.3 Å². The molecule has 32 heavy (non-hydrogen) atoms. The van der Waals surface area contributed by atoms with Gasteiger partial charge in [0.1, 0.15) is 6.33 Å². The normalized spacial score (nSPS) is 18.5. The number of rotatable bonds is 6. The van der Waals surface area contributed by atoms with Crippen LogP contribution in [0.15, 0.2) is 70.7 Å². The van der Waals surface area contributed by atoms with E-state index in [2.05, 4.69) is 24.8 Å². The van der Waals surface area contributed by atoms with Crippen LogP contribution in [0.4, 0.5) is 5.95 Å². The van der Waals surface area contributed by atoms with Gasteiger partial charge in [0.05, 0.1) is 21.0 Å². The molecule has 0 unspecified atom stereocenters. The molecule has 168 valence electrons. The molecule has 1 atom stereocenters. The fourth-order valence-electron chi connectivity index (χ4n) is 3.49. The Labute approximate surface area is 186 Å². The summed E-state index contributed by atoms with van der Waals surface area (Å²) < 4.78 is 54.4. The van der Waals surface area contributed by atoms with Crippen LogP contribution in [0.2, 0.25) is 0 Å². The fraction of sp³-hybridized carbons (Fsp3) is 0.200. The van der Waals surface area contributed by atoms with Gasteiger partial charge in [-0.3, -0.25) is 0 Å². The molecule has 0 saturated carbocycles. The van der Waals surface area contributed by atoms with Crippen molar-refractivity contribution >= 4 is 31.7 Å². The Balaban J connectivity index is 1.78. The van der Waals surface area contributed by atoms with E-state index in [1.165, 1.54) is 32.6 Å². The molecule has 0 spiro atoms. The second-order valence-electron chi connectivity index (χ2n) is 7.32. The average molecular weight is 475 g/mol. The van der Waals surface area contributed by atoms with E-state index in [4.69, 9.17) is 0 Å². The molecule has 2 heterocycles. The summed E-state index contributed by atoms with van der Waals surface area (Å²) in [5, 5.41) is 7.60. The number of sulfonamides is 2. The highest BCUT2D eigenvalue weighted by molar-refractivity contribution is 7.89. The smallest absolute Gasteiger partial charge is 0.240 e. The largest absolute Gasteiger partial charge is 0.341 e. The molecule has 12 heteroatoms. The van der Waals surface area contributed by atoms with Crippen molar-refractivity contribution in [3.8, 4) is 0 Å².